The maximum atomic E-state index is 13.5. The van der Waals surface area contributed by atoms with Crippen LogP contribution in [0.1, 0.15) is 36.1 Å². The molecule has 1 amide bonds. The third-order valence-electron chi connectivity index (χ3n) is 5.33. The van der Waals surface area contributed by atoms with Crippen molar-refractivity contribution in [2.45, 2.75) is 32.4 Å². The van der Waals surface area contributed by atoms with Gasteiger partial charge in [-0.05, 0) is 54.3 Å². The van der Waals surface area contributed by atoms with Gasteiger partial charge >= 0.3 is 0 Å². The van der Waals surface area contributed by atoms with Crippen molar-refractivity contribution in [2.24, 2.45) is 0 Å². The molecule has 0 saturated carbocycles. The van der Waals surface area contributed by atoms with Crippen molar-refractivity contribution in [1.82, 2.24) is 5.32 Å². The Kier molecular flexibility index (Phi) is 7.30. The van der Waals surface area contributed by atoms with Gasteiger partial charge in [0.2, 0.25) is 15.9 Å². The van der Waals surface area contributed by atoms with E-state index in [0.717, 1.165) is 27.3 Å². The van der Waals surface area contributed by atoms with E-state index < -0.39 is 33.8 Å². The molecule has 3 aromatic carbocycles. The van der Waals surface area contributed by atoms with Gasteiger partial charge in [-0.1, -0.05) is 61.5 Å². The van der Waals surface area contributed by atoms with Gasteiger partial charge in [-0.25, -0.2) is 12.8 Å². The lowest BCUT2D eigenvalue weighted by atomic mass is 9.94. The Hall–Kier alpha value is -3.19. The fraction of sp³-hybridized carbons (Fsp3) is 0.240. The molecule has 5 nitrogen and oxygen atoms in total. The van der Waals surface area contributed by atoms with Crippen molar-refractivity contribution in [3.8, 4) is 0 Å². The average Bonchev–Trinajstić information content (AvgIpc) is 2.77. The molecule has 0 fully saturated rings. The summed E-state index contributed by atoms with van der Waals surface area (Å²) in [6.45, 7) is 3.72. The van der Waals surface area contributed by atoms with Crippen molar-refractivity contribution >= 4 is 21.6 Å². The lowest BCUT2D eigenvalue weighted by molar-refractivity contribution is -0.122. The SMILES string of the molecule is CCC(C(=O)NC(c1ccccc1)c1ccccc1C)N(c1ccc(F)cc1)S(C)(=O)=O. The van der Waals surface area contributed by atoms with Gasteiger partial charge in [0.1, 0.15) is 11.9 Å². The standard InChI is InChI=1S/C25H27FN2O3S/c1-4-23(28(32(3,30)31)21-16-14-20(26)15-17-21)25(29)27-24(19-11-6-5-7-12-19)22-13-9-8-10-18(22)2/h5-17,23-24H,4H2,1-3H3,(H,27,29). The predicted octanol–water partition coefficient (Wildman–Crippen LogP) is 4.58. The van der Waals surface area contributed by atoms with E-state index in [1.54, 1.807) is 6.92 Å². The minimum absolute atomic E-state index is 0.239. The number of rotatable bonds is 8. The van der Waals surface area contributed by atoms with Gasteiger partial charge < -0.3 is 5.32 Å². The highest BCUT2D eigenvalue weighted by molar-refractivity contribution is 7.92. The Morgan fingerprint density at radius 2 is 1.56 bits per heavy atom. The summed E-state index contributed by atoms with van der Waals surface area (Å²) in [5, 5.41) is 3.06. The Labute approximate surface area is 188 Å². The van der Waals surface area contributed by atoms with Gasteiger partial charge in [0.25, 0.3) is 0 Å². The number of halogens is 1. The molecule has 0 aromatic heterocycles. The van der Waals surface area contributed by atoms with E-state index in [-0.39, 0.29) is 12.1 Å². The van der Waals surface area contributed by atoms with Gasteiger partial charge in [0.05, 0.1) is 18.0 Å². The molecule has 0 aliphatic carbocycles. The first-order chi connectivity index (χ1) is 15.2. The van der Waals surface area contributed by atoms with Crippen molar-refractivity contribution < 1.29 is 17.6 Å². The molecular formula is C25H27FN2O3S. The van der Waals surface area contributed by atoms with E-state index in [2.05, 4.69) is 5.32 Å². The smallest absolute Gasteiger partial charge is 0.244 e. The molecular weight excluding hydrogens is 427 g/mol. The summed E-state index contributed by atoms with van der Waals surface area (Å²) in [5.41, 5.74) is 3.06. The molecule has 32 heavy (non-hydrogen) atoms. The maximum Gasteiger partial charge on any atom is 0.244 e. The molecule has 0 bridgehead atoms. The van der Waals surface area contributed by atoms with Crippen LogP contribution in [0.25, 0.3) is 0 Å². The first kappa shape index (κ1) is 23.5. The molecule has 3 rings (SSSR count). The largest absolute Gasteiger partial charge is 0.343 e. The number of benzene rings is 3. The first-order valence-corrected chi connectivity index (χ1v) is 12.2. The van der Waals surface area contributed by atoms with Crippen LogP contribution in [-0.2, 0) is 14.8 Å². The summed E-state index contributed by atoms with van der Waals surface area (Å²) < 4.78 is 39.8. The van der Waals surface area contributed by atoms with Crippen molar-refractivity contribution in [1.29, 1.82) is 0 Å². The van der Waals surface area contributed by atoms with E-state index in [1.165, 1.54) is 24.3 Å². The number of sulfonamides is 1. The average molecular weight is 455 g/mol. The van der Waals surface area contributed by atoms with E-state index in [0.29, 0.717) is 0 Å². The summed E-state index contributed by atoms with van der Waals surface area (Å²) >= 11 is 0. The Morgan fingerprint density at radius 3 is 2.12 bits per heavy atom. The topological polar surface area (TPSA) is 66.5 Å². The number of carbonyl (C=O) groups excluding carboxylic acids is 1. The summed E-state index contributed by atoms with van der Waals surface area (Å²) in [6, 6.07) is 20.9. The number of nitrogens with one attached hydrogen (secondary N) is 1. The van der Waals surface area contributed by atoms with Crippen LogP contribution in [0.3, 0.4) is 0 Å². The van der Waals surface area contributed by atoms with Crippen LogP contribution in [0.5, 0.6) is 0 Å². The number of anilines is 1. The molecule has 3 aromatic rings. The number of nitrogens with zero attached hydrogens (tertiary/aromatic N) is 1. The number of hydrogen-bond acceptors (Lipinski definition) is 3. The van der Waals surface area contributed by atoms with Crippen molar-refractivity contribution in [2.75, 3.05) is 10.6 Å². The Bertz CT molecular complexity index is 1170. The number of carbonyl (C=O) groups is 1. The highest BCUT2D eigenvalue weighted by Gasteiger charge is 2.33. The second-order valence-electron chi connectivity index (χ2n) is 7.67. The highest BCUT2D eigenvalue weighted by atomic mass is 32.2. The fourth-order valence-electron chi connectivity index (χ4n) is 3.78. The Morgan fingerprint density at radius 1 is 0.969 bits per heavy atom. The van der Waals surface area contributed by atoms with Crippen molar-refractivity contribution in [3.63, 3.8) is 0 Å². The lowest BCUT2D eigenvalue weighted by Gasteiger charge is -2.32. The predicted molar refractivity (Wildman–Crippen MR) is 125 cm³/mol. The Balaban J connectivity index is 2.01. The van der Waals surface area contributed by atoms with E-state index in [4.69, 9.17) is 0 Å². The molecule has 0 heterocycles. The second-order valence-corrected chi connectivity index (χ2v) is 9.53. The van der Waals surface area contributed by atoms with Crippen LogP contribution in [-0.4, -0.2) is 26.6 Å². The normalized spacial score (nSPS) is 13.2. The van der Waals surface area contributed by atoms with E-state index in [1.807, 2.05) is 61.5 Å². The van der Waals surface area contributed by atoms with E-state index in [9.17, 15) is 17.6 Å². The lowest BCUT2D eigenvalue weighted by Crippen LogP contribution is -2.50. The highest BCUT2D eigenvalue weighted by Crippen LogP contribution is 2.27. The zero-order valence-electron chi connectivity index (χ0n) is 18.3. The molecule has 168 valence electrons. The summed E-state index contributed by atoms with van der Waals surface area (Å²) in [5.74, 6) is -0.914. The second kappa shape index (κ2) is 9.96. The molecule has 0 spiro atoms. The maximum absolute atomic E-state index is 13.5. The minimum atomic E-state index is -3.81. The zero-order valence-corrected chi connectivity index (χ0v) is 19.1. The van der Waals surface area contributed by atoms with Crippen LogP contribution < -0.4 is 9.62 Å². The quantitative estimate of drug-likeness (QED) is 0.542. The van der Waals surface area contributed by atoms with Gasteiger partial charge in [0.15, 0.2) is 0 Å². The summed E-state index contributed by atoms with van der Waals surface area (Å²) in [4.78, 5) is 13.5. The fourth-order valence-corrected chi connectivity index (χ4v) is 5.00. The zero-order chi connectivity index (χ0) is 23.3. The number of aryl methyl sites for hydroxylation is 1. The first-order valence-electron chi connectivity index (χ1n) is 10.4. The molecule has 2 atom stereocenters. The summed E-state index contributed by atoms with van der Waals surface area (Å²) in [7, 11) is -3.81. The molecule has 0 radical (unpaired) electrons. The summed E-state index contributed by atoms with van der Waals surface area (Å²) in [6.07, 6.45) is 1.29. The molecule has 1 N–H and O–H groups in total. The molecule has 0 aliphatic heterocycles. The van der Waals surface area contributed by atoms with Gasteiger partial charge in [-0.15, -0.1) is 0 Å². The van der Waals surface area contributed by atoms with Gasteiger partial charge in [0, 0.05) is 0 Å². The number of amides is 1. The van der Waals surface area contributed by atoms with Crippen LogP contribution >= 0.6 is 0 Å². The third-order valence-corrected chi connectivity index (χ3v) is 6.51. The van der Waals surface area contributed by atoms with Crippen LogP contribution in [0.15, 0.2) is 78.9 Å². The molecule has 0 saturated heterocycles. The third kappa shape index (κ3) is 5.34. The molecule has 7 heteroatoms. The van der Waals surface area contributed by atoms with Crippen LogP contribution in [0.2, 0.25) is 0 Å². The number of hydrogen-bond donors (Lipinski definition) is 1. The minimum Gasteiger partial charge on any atom is -0.343 e. The molecule has 2 unspecified atom stereocenters. The van der Waals surface area contributed by atoms with Crippen LogP contribution in [0, 0.1) is 12.7 Å². The van der Waals surface area contributed by atoms with E-state index >= 15 is 0 Å². The van der Waals surface area contributed by atoms with Crippen LogP contribution in [0.4, 0.5) is 10.1 Å². The van der Waals surface area contributed by atoms with Gasteiger partial charge in [-0.2, -0.15) is 0 Å². The monoisotopic (exact) mass is 454 g/mol. The van der Waals surface area contributed by atoms with Crippen molar-refractivity contribution in [3.05, 3.63) is 101 Å². The van der Waals surface area contributed by atoms with Gasteiger partial charge in [-0.3, -0.25) is 9.10 Å². The molecule has 0 aliphatic rings.